The van der Waals surface area contributed by atoms with E-state index in [1.807, 2.05) is 23.6 Å². The number of hydrogen-bond donors (Lipinski definition) is 2. The van der Waals surface area contributed by atoms with Crippen molar-refractivity contribution in [3.8, 4) is 0 Å². The highest BCUT2D eigenvalue weighted by Gasteiger charge is 2.40. The van der Waals surface area contributed by atoms with E-state index in [0.717, 1.165) is 38.8 Å². The van der Waals surface area contributed by atoms with Gasteiger partial charge in [-0.25, -0.2) is 0 Å². The molecular weight excluding hydrogens is 474 g/mol. The van der Waals surface area contributed by atoms with Gasteiger partial charge in [-0.1, -0.05) is 44.2 Å². The van der Waals surface area contributed by atoms with Crippen molar-refractivity contribution < 1.29 is 19.1 Å². The number of aryl methyl sites for hydroxylation is 1. The van der Waals surface area contributed by atoms with Crippen LogP contribution in [-0.2, 0) is 20.7 Å². The van der Waals surface area contributed by atoms with Crippen LogP contribution in [0.1, 0.15) is 55.5 Å². The van der Waals surface area contributed by atoms with E-state index in [4.69, 9.17) is 4.74 Å². The Morgan fingerprint density at radius 1 is 1.17 bits per heavy atom. The molecule has 2 aliphatic heterocycles. The molecule has 3 atom stereocenters. The van der Waals surface area contributed by atoms with Crippen LogP contribution in [0, 0.1) is 5.41 Å². The van der Waals surface area contributed by atoms with E-state index in [1.165, 1.54) is 16.9 Å². The quantitative estimate of drug-likeness (QED) is 0.483. The molecule has 2 amide bonds. The number of likely N-dealkylation sites (tertiary alicyclic amines) is 1. The minimum absolute atomic E-state index is 0.0119. The molecule has 1 aromatic heterocycles. The molecule has 2 N–H and O–H groups in total. The molecule has 0 spiro atoms. The molecule has 2 aromatic rings. The molecule has 7 nitrogen and oxygen atoms in total. The summed E-state index contributed by atoms with van der Waals surface area (Å²) in [7, 11) is 0. The van der Waals surface area contributed by atoms with Crippen molar-refractivity contribution >= 4 is 28.9 Å². The zero-order chi connectivity index (χ0) is 25.5. The highest BCUT2D eigenvalue weighted by atomic mass is 32.1. The van der Waals surface area contributed by atoms with Crippen LogP contribution in [0.4, 0.5) is 0 Å². The van der Waals surface area contributed by atoms with Gasteiger partial charge in [0, 0.05) is 11.9 Å². The van der Waals surface area contributed by atoms with E-state index in [2.05, 4.69) is 41.5 Å². The number of nitrogens with zero attached hydrogens (tertiary/aromatic N) is 1. The Morgan fingerprint density at radius 3 is 2.61 bits per heavy atom. The number of nitrogens with one attached hydrogen (secondary N) is 2. The van der Waals surface area contributed by atoms with Crippen LogP contribution in [0.15, 0.2) is 47.2 Å². The Morgan fingerprint density at radius 2 is 1.92 bits per heavy atom. The number of carbonyl (C=O) groups is 3. The second-order valence-corrected chi connectivity index (χ2v) is 11.5. The number of hydrogen-bond acceptors (Lipinski definition) is 6. The predicted octanol–water partition coefficient (Wildman–Crippen LogP) is 3.44. The van der Waals surface area contributed by atoms with Gasteiger partial charge in [0.25, 0.3) is 5.91 Å². The van der Waals surface area contributed by atoms with Gasteiger partial charge in [0.05, 0.1) is 11.7 Å². The first kappa shape index (κ1) is 26.5. The van der Waals surface area contributed by atoms with Crippen LogP contribution >= 0.6 is 11.3 Å². The van der Waals surface area contributed by atoms with Gasteiger partial charge in [-0.2, -0.15) is 11.3 Å². The molecule has 8 heteroatoms. The number of Topliss-reactive ketones (excluding diaryl/α,β-unsaturated/α-hetero) is 1. The van der Waals surface area contributed by atoms with Gasteiger partial charge in [0.1, 0.15) is 18.7 Å². The molecule has 2 unspecified atom stereocenters. The fraction of sp³-hybridized carbons (Fsp3) is 0.536. The summed E-state index contributed by atoms with van der Waals surface area (Å²) in [6.45, 7) is 6.86. The molecule has 4 rings (SSSR count). The lowest BCUT2D eigenvalue weighted by Crippen LogP contribution is -2.55. The average molecular weight is 512 g/mol. The second-order valence-electron chi connectivity index (χ2n) is 10.7. The van der Waals surface area contributed by atoms with Crippen LogP contribution in [-0.4, -0.2) is 66.9 Å². The maximum absolute atomic E-state index is 13.5. The number of carbonyl (C=O) groups excluding carboxylic acids is 3. The van der Waals surface area contributed by atoms with Crippen molar-refractivity contribution in [3.05, 3.63) is 58.3 Å². The Hall–Kier alpha value is -2.55. The van der Waals surface area contributed by atoms with Crippen molar-refractivity contribution in [1.82, 2.24) is 15.5 Å². The predicted molar refractivity (Wildman–Crippen MR) is 141 cm³/mol. The lowest BCUT2D eigenvalue weighted by Gasteiger charge is -2.31. The monoisotopic (exact) mass is 511 g/mol. The Kier molecular flexibility index (Phi) is 8.93. The summed E-state index contributed by atoms with van der Waals surface area (Å²) in [5, 5.41) is 9.50. The van der Waals surface area contributed by atoms with Gasteiger partial charge in [0.15, 0.2) is 5.78 Å². The maximum Gasteiger partial charge on any atom is 0.252 e. The highest BCUT2D eigenvalue weighted by Crippen LogP contribution is 2.29. The largest absolute Gasteiger partial charge is 0.366 e. The third-order valence-corrected chi connectivity index (χ3v) is 7.87. The van der Waals surface area contributed by atoms with Crippen LogP contribution < -0.4 is 10.6 Å². The summed E-state index contributed by atoms with van der Waals surface area (Å²) in [5.74, 6) is -0.724. The zero-order valence-electron chi connectivity index (χ0n) is 21.2. The first-order chi connectivity index (χ1) is 17.3. The summed E-state index contributed by atoms with van der Waals surface area (Å²) < 4.78 is 5.76. The first-order valence-electron chi connectivity index (χ1n) is 12.8. The molecule has 2 saturated heterocycles. The number of thiophene rings is 1. The summed E-state index contributed by atoms with van der Waals surface area (Å²) in [6.07, 6.45) is 4.13. The maximum atomic E-state index is 13.5. The van der Waals surface area contributed by atoms with Gasteiger partial charge >= 0.3 is 0 Å². The fourth-order valence-electron chi connectivity index (χ4n) is 5.01. The van der Waals surface area contributed by atoms with Crippen LogP contribution in [0.25, 0.3) is 0 Å². The first-order valence-corrected chi connectivity index (χ1v) is 13.8. The molecule has 1 aromatic carbocycles. The Bertz CT molecular complexity index is 1020. The summed E-state index contributed by atoms with van der Waals surface area (Å²) in [6, 6.07) is 10.6. The average Bonchev–Trinajstić information content (AvgIpc) is 3.63. The van der Waals surface area contributed by atoms with E-state index in [1.54, 1.807) is 11.4 Å². The second kappa shape index (κ2) is 12.1. The fourth-order valence-corrected chi connectivity index (χ4v) is 5.65. The van der Waals surface area contributed by atoms with Crippen LogP contribution in [0.5, 0.6) is 0 Å². The minimum Gasteiger partial charge on any atom is -0.366 e. The lowest BCUT2D eigenvalue weighted by molar-refractivity contribution is -0.128. The van der Waals surface area contributed by atoms with Gasteiger partial charge in [-0.3, -0.25) is 14.4 Å². The number of ether oxygens (including phenoxy) is 1. The van der Waals surface area contributed by atoms with E-state index < -0.39 is 12.1 Å². The zero-order valence-corrected chi connectivity index (χ0v) is 22.0. The Labute approximate surface area is 217 Å². The third-order valence-electron chi connectivity index (χ3n) is 7.19. The number of benzene rings is 1. The molecule has 0 aliphatic carbocycles. The molecular formula is C28H37N3O4S. The summed E-state index contributed by atoms with van der Waals surface area (Å²) in [4.78, 5) is 41.3. The standard InChI is InChI=1S/C28H37N3O4S/c1-28(2,12-10-20-8-4-3-5-9-20)16-22(29-26(33)21-11-15-36-19-21)27(34)30-25-23(32)18-35-24(25)17-31-13-6-7-14-31/h3-5,8-9,11,15,19,22,24-25H,6-7,10,12-14,16-18H2,1-2H3,(H,29,33)(H,30,34)/t22-,24?,25?/m0/s1. The molecule has 3 heterocycles. The number of ketones is 1. The van der Waals surface area contributed by atoms with Gasteiger partial charge in [0.2, 0.25) is 5.91 Å². The van der Waals surface area contributed by atoms with Gasteiger partial charge in [-0.15, -0.1) is 0 Å². The van der Waals surface area contributed by atoms with Crippen molar-refractivity contribution in [2.45, 2.75) is 64.1 Å². The van der Waals surface area contributed by atoms with Crippen LogP contribution in [0.3, 0.4) is 0 Å². The minimum atomic E-state index is -0.760. The SMILES string of the molecule is CC(C)(CCc1ccccc1)C[C@H](NC(=O)c1ccsc1)C(=O)NC1C(=O)COC1CN1CCCC1. The molecule has 36 heavy (non-hydrogen) atoms. The van der Waals surface area contributed by atoms with Gasteiger partial charge < -0.3 is 20.3 Å². The third kappa shape index (κ3) is 7.24. The molecule has 0 bridgehead atoms. The van der Waals surface area contributed by atoms with E-state index >= 15 is 0 Å². The van der Waals surface area contributed by atoms with E-state index in [9.17, 15) is 14.4 Å². The van der Waals surface area contributed by atoms with E-state index in [-0.39, 0.29) is 35.7 Å². The van der Waals surface area contributed by atoms with Crippen molar-refractivity contribution in [3.63, 3.8) is 0 Å². The van der Waals surface area contributed by atoms with Crippen molar-refractivity contribution in [2.75, 3.05) is 26.2 Å². The molecule has 194 valence electrons. The lowest BCUT2D eigenvalue weighted by atomic mass is 9.80. The highest BCUT2D eigenvalue weighted by molar-refractivity contribution is 7.08. The van der Waals surface area contributed by atoms with Gasteiger partial charge in [-0.05, 0) is 67.6 Å². The molecule has 2 aliphatic rings. The normalized spacial score (nSPS) is 21.4. The van der Waals surface area contributed by atoms with Crippen LogP contribution in [0.2, 0.25) is 0 Å². The number of rotatable bonds is 11. The smallest absolute Gasteiger partial charge is 0.252 e. The van der Waals surface area contributed by atoms with Crippen molar-refractivity contribution in [2.24, 2.45) is 5.41 Å². The number of amides is 2. The molecule has 0 saturated carbocycles. The molecule has 2 fully saturated rings. The summed E-state index contributed by atoms with van der Waals surface area (Å²) >= 11 is 1.44. The van der Waals surface area contributed by atoms with E-state index in [0.29, 0.717) is 18.5 Å². The Balaban J connectivity index is 1.44. The topological polar surface area (TPSA) is 87.7 Å². The molecule has 0 radical (unpaired) electrons. The summed E-state index contributed by atoms with van der Waals surface area (Å²) in [5.41, 5.74) is 1.56. The van der Waals surface area contributed by atoms with Crippen molar-refractivity contribution in [1.29, 1.82) is 0 Å².